The first kappa shape index (κ1) is 16.0. The number of rotatable bonds is 6. The predicted octanol–water partition coefficient (Wildman–Crippen LogP) is 1.99. The van der Waals surface area contributed by atoms with Crippen LogP contribution < -0.4 is 5.32 Å². The fourth-order valence-electron chi connectivity index (χ4n) is 2.77. The van der Waals surface area contributed by atoms with Gasteiger partial charge in [-0.3, -0.25) is 9.59 Å². The summed E-state index contributed by atoms with van der Waals surface area (Å²) in [7, 11) is 0. The molecule has 0 saturated carbocycles. The Balaban J connectivity index is 2.21. The molecule has 118 valence electrons. The van der Waals surface area contributed by atoms with Crippen molar-refractivity contribution in [3.05, 3.63) is 35.2 Å². The first-order valence-electron chi connectivity index (χ1n) is 7.35. The third-order valence-electron chi connectivity index (χ3n) is 3.93. The average Bonchev–Trinajstić information content (AvgIpc) is 2.81. The number of H-pyrrole nitrogens is 1. The van der Waals surface area contributed by atoms with E-state index in [2.05, 4.69) is 16.9 Å². The average molecular weight is 304 g/mol. The van der Waals surface area contributed by atoms with Crippen LogP contribution in [-0.2, 0) is 11.2 Å². The lowest BCUT2D eigenvalue weighted by Crippen LogP contribution is -2.41. The number of aryl methyl sites for hydroxylation is 1. The van der Waals surface area contributed by atoms with Crippen molar-refractivity contribution >= 4 is 17.7 Å². The summed E-state index contributed by atoms with van der Waals surface area (Å²) in [6.07, 6.45) is 4.38. The Morgan fingerprint density at radius 1 is 1.45 bits per heavy atom. The molecule has 1 aliphatic carbocycles. The summed E-state index contributed by atoms with van der Waals surface area (Å²) in [6.45, 7) is 5.26. The molecule has 0 saturated heterocycles. The van der Waals surface area contributed by atoms with Crippen LogP contribution >= 0.6 is 0 Å². The zero-order valence-corrected chi connectivity index (χ0v) is 12.6. The molecule has 1 unspecified atom stereocenters. The minimum absolute atomic E-state index is 0.0375. The molecule has 1 aromatic rings. The smallest absolute Gasteiger partial charge is 0.326 e. The number of nitrogens with one attached hydrogen (secondary N) is 2. The Labute approximate surface area is 128 Å². The van der Waals surface area contributed by atoms with Crippen LogP contribution in [0.3, 0.4) is 0 Å². The lowest BCUT2D eigenvalue weighted by Gasteiger charge is -2.13. The highest BCUT2D eigenvalue weighted by Crippen LogP contribution is 2.26. The summed E-state index contributed by atoms with van der Waals surface area (Å²) in [5.41, 5.74) is 2.25. The lowest BCUT2D eigenvalue weighted by atomic mass is 9.94. The van der Waals surface area contributed by atoms with E-state index in [4.69, 9.17) is 5.11 Å². The van der Waals surface area contributed by atoms with E-state index in [1.807, 2.05) is 0 Å². The van der Waals surface area contributed by atoms with Crippen LogP contribution in [-0.4, -0.2) is 33.8 Å². The van der Waals surface area contributed by atoms with Crippen LogP contribution in [0.4, 0.5) is 0 Å². The van der Waals surface area contributed by atoms with Crippen LogP contribution in [0.5, 0.6) is 0 Å². The summed E-state index contributed by atoms with van der Waals surface area (Å²) in [6, 6.07) is -0.971. The number of Topliss-reactive ketones (excluding diaryl/α,β-unsaturated/α-hetero) is 1. The normalized spacial score (nSPS) is 15.0. The van der Waals surface area contributed by atoms with E-state index in [1.165, 1.54) is 0 Å². The topological polar surface area (TPSA) is 99.3 Å². The van der Waals surface area contributed by atoms with E-state index in [0.29, 0.717) is 24.0 Å². The molecule has 22 heavy (non-hydrogen) atoms. The zero-order chi connectivity index (χ0) is 16.3. The standard InChI is InChI=1S/C16H20N2O4/c1-3-4-6-11(16(21)22)18-15(20)14-9(2)13-10(17-14)7-5-8-12(13)19/h3,11,17H,1,4-8H2,2H3,(H,18,20)(H,21,22). The molecule has 3 N–H and O–H groups in total. The van der Waals surface area contributed by atoms with Gasteiger partial charge in [0.25, 0.3) is 5.91 Å². The van der Waals surface area contributed by atoms with Gasteiger partial charge in [0.1, 0.15) is 11.7 Å². The number of hydrogen-bond donors (Lipinski definition) is 3. The molecule has 0 spiro atoms. The molecule has 1 atom stereocenters. The number of carboxylic acid groups (broad SMARTS) is 1. The van der Waals surface area contributed by atoms with Gasteiger partial charge in [-0.1, -0.05) is 6.08 Å². The number of allylic oxidation sites excluding steroid dienone is 1. The summed E-state index contributed by atoms with van der Waals surface area (Å²) < 4.78 is 0. The highest BCUT2D eigenvalue weighted by atomic mass is 16.4. The molecule has 1 heterocycles. The Morgan fingerprint density at radius 2 is 2.18 bits per heavy atom. The summed E-state index contributed by atoms with van der Waals surface area (Å²) in [4.78, 5) is 38.5. The van der Waals surface area contributed by atoms with Crippen LogP contribution in [0.1, 0.15) is 57.8 Å². The molecule has 0 aliphatic heterocycles. The number of amides is 1. The summed E-state index contributed by atoms with van der Waals surface area (Å²) >= 11 is 0. The first-order chi connectivity index (χ1) is 10.5. The number of aromatic nitrogens is 1. The van der Waals surface area contributed by atoms with Gasteiger partial charge < -0.3 is 15.4 Å². The van der Waals surface area contributed by atoms with Gasteiger partial charge in [-0.05, 0) is 38.2 Å². The molecule has 1 aliphatic rings. The number of hydrogen-bond acceptors (Lipinski definition) is 3. The number of carbonyl (C=O) groups is 3. The van der Waals surface area contributed by atoms with Gasteiger partial charge >= 0.3 is 5.97 Å². The third kappa shape index (κ3) is 3.10. The minimum Gasteiger partial charge on any atom is -0.480 e. The van der Waals surface area contributed by atoms with E-state index in [9.17, 15) is 14.4 Å². The maximum Gasteiger partial charge on any atom is 0.326 e. The number of fused-ring (bicyclic) bond motifs is 1. The van der Waals surface area contributed by atoms with Crippen molar-refractivity contribution in [2.24, 2.45) is 0 Å². The number of carboxylic acids is 1. The van der Waals surface area contributed by atoms with E-state index < -0.39 is 17.9 Å². The molecule has 6 heteroatoms. The quantitative estimate of drug-likeness (QED) is 0.700. The fourth-order valence-corrected chi connectivity index (χ4v) is 2.77. The lowest BCUT2D eigenvalue weighted by molar-refractivity contribution is -0.139. The van der Waals surface area contributed by atoms with Crippen LogP contribution in [0.25, 0.3) is 0 Å². The molecule has 1 amide bonds. The molecule has 1 aromatic heterocycles. The fraction of sp³-hybridized carbons (Fsp3) is 0.438. The third-order valence-corrected chi connectivity index (χ3v) is 3.93. The van der Waals surface area contributed by atoms with Gasteiger partial charge in [-0.15, -0.1) is 6.58 Å². The second kappa shape index (κ2) is 6.60. The molecule has 6 nitrogen and oxygen atoms in total. The van der Waals surface area contributed by atoms with Gasteiger partial charge in [-0.25, -0.2) is 4.79 Å². The van der Waals surface area contributed by atoms with Gasteiger partial charge in [0.15, 0.2) is 5.78 Å². The van der Waals surface area contributed by atoms with Crippen molar-refractivity contribution in [1.29, 1.82) is 0 Å². The monoisotopic (exact) mass is 304 g/mol. The molecule has 2 rings (SSSR count). The van der Waals surface area contributed by atoms with Crippen molar-refractivity contribution in [2.75, 3.05) is 0 Å². The van der Waals surface area contributed by atoms with Gasteiger partial charge in [0, 0.05) is 17.7 Å². The Morgan fingerprint density at radius 3 is 2.77 bits per heavy atom. The molecule has 0 radical (unpaired) electrons. The van der Waals surface area contributed by atoms with Crippen LogP contribution in [0.2, 0.25) is 0 Å². The summed E-state index contributed by atoms with van der Waals surface area (Å²) in [5.74, 6) is -1.54. The molecular formula is C16H20N2O4. The van der Waals surface area contributed by atoms with Gasteiger partial charge in [0.2, 0.25) is 0 Å². The Bertz CT molecular complexity index is 630. The van der Waals surface area contributed by atoms with Crippen LogP contribution in [0.15, 0.2) is 12.7 Å². The molecule has 0 fully saturated rings. The second-order valence-corrected chi connectivity index (χ2v) is 5.49. The van der Waals surface area contributed by atoms with E-state index in [-0.39, 0.29) is 17.9 Å². The van der Waals surface area contributed by atoms with Gasteiger partial charge in [-0.2, -0.15) is 0 Å². The molecule has 0 aromatic carbocycles. The molecular weight excluding hydrogens is 284 g/mol. The number of carbonyl (C=O) groups excluding carboxylic acids is 2. The largest absolute Gasteiger partial charge is 0.480 e. The Kier molecular flexibility index (Phi) is 4.80. The highest BCUT2D eigenvalue weighted by molar-refractivity contribution is 6.04. The van der Waals surface area contributed by atoms with Crippen molar-refractivity contribution in [2.45, 2.75) is 45.1 Å². The summed E-state index contributed by atoms with van der Waals surface area (Å²) in [5, 5.41) is 11.7. The van der Waals surface area contributed by atoms with Crippen LogP contribution in [0, 0.1) is 6.92 Å². The maximum absolute atomic E-state index is 12.3. The van der Waals surface area contributed by atoms with Crippen molar-refractivity contribution in [3.63, 3.8) is 0 Å². The number of aromatic amines is 1. The van der Waals surface area contributed by atoms with E-state index in [1.54, 1.807) is 13.0 Å². The SMILES string of the molecule is C=CCCC(NC(=O)c1[nH]c2c(c1C)C(=O)CCC2)C(=O)O. The van der Waals surface area contributed by atoms with E-state index >= 15 is 0 Å². The van der Waals surface area contributed by atoms with Gasteiger partial charge in [0.05, 0.1) is 0 Å². The number of aliphatic carboxylic acids is 1. The van der Waals surface area contributed by atoms with Crippen molar-refractivity contribution in [3.8, 4) is 0 Å². The predicted molar refractivity (Wildman–Crippen MR) is 81.1 cm³/mol. The van der Waals surface area contributed by atoms with Crippen molar-refractivity contribution < 1.29 is 19.5 Å². The maximum atomic E-state index is 12.3. The first-order valence-corrected chi connectivity index (χ1v) is 7.35. The second-order valence-electron chi connectivity index (χ2n) is 5.49. The highest BCUT2D eigenvalue weighted by Gasteiger charge is 2.28. The molecule has 0 bridgehead atoms. The van der Waals surface area contributed by atoms with Crippen molar-refractivity contribution in [1.82, 2.24) is 10.3 Å². The Hall–Kier alpha value is -2.37. The minimum atomic E-state index is -1.08. The zero-order valence-electron chi connectivity index (χ0n) is 12.6. The van der Waals surface area contributed by atoms with E-state index in [0.717, 1.165) is 18.5 Å². The number of ketones is 1.